The summed E-state index contributed by atoms with van der Waals surface area (Å²) < 4.78 is 18.6. The first-order valence-corrected chi connectivity index (χ1v) is 9.02. The zero-order valence-corrected chi connectivity index (χ0v) is 15.4. The summed E-state index contributed by atoms with van der Waals surface area (Å²) in [7, 11) is 0. The van der Waals surface area contributed by atoms with Crippen LogP contribution in [0.1, 0.15) is 17.3 Å². The molecule has 0 saturated heterocycles. The van der Waals surface area contributed by atoms with Crippen molar-refractivity contribution in [2.45, 2.75) is 19.6 Å². The summed E-state index contributed by atoms with van der Waals surface area (Å²) in [6.07, 6.45) is 4.67. The van der Waals surface area contributed by atoms with Gasteiger partial charge in [0, 0.05) is 18.5 Å². The Labute approximate surface area is 162 Å². The fourth-order valence-electron chi connectivity index (χ4n) is 2.84. The molecule has 3 heterocycles. The molecule has 0 bridgehead atoms. The molecule has 0 aliphatic carbocycles. The van der Waals surface area contributed by atoms with Crippen LogP contribution >= 0.6 is 0 Å². The standard InChI is InChI=1S/C20H20N4O4/c1-2-26-19-8-7-14(9-21-19)20(25)23-15-10-22-24(11-15)12-16-13-27-17-5-3-4-6-18(17)28-16/h3-11,16H,2,12-13H2,1H3,(H,23,25). The molecule has 0 spiro atoms. The second kappa shape index (κ2) is 7.99. The molecule has 1 aliphatic heterocycles. The first-order valence-electron chi connectivity index (χ1n) is 9.02. The number of fused-ring (bicyclic) bond motifs is 1. The van der Waals surface area contributed by atoms with Crippen LogP contribution in [0.4, 0.5) is 5.69 Å². The highest BCUT2D eigenvalue weighted by atomic mass is 16.6. The van der Waals surface area contributed by atoms with Crippen molar-refractivity contribution in [3.63, 3.8) is 0 Å². The Kier molecular flexibility index (Phi) is 5.09. The highest BCUT2D eigenvalue weighted by Crippen LogP contribution is 2.31. The molecule has 2 aromatic heterocycles. The number of carbonyl (C=O) groups is 1. The van der Waals surface area contributed by atoms with Crippen molar-refractivity contribution in [3.8, 4) is 17.4 Å². The molecule has 0 saturated carbocycles. The SMILES string of the molecule is CCOc1ccc(C(=O)Nc2cnn(CC3COc4ccccc4O3)c2)cn1. The zero-order valence-electron chi connectivity index (χ0n) is 15.4. The first kappa shape index (κ1) is 17.8. The van der Waals surface area contributed by atoms with Crippen molar-refractivity contribution < 1.29 is 19.0 Å². The number of benzene rings is 1. The van der Waals surface area contributed by atoms with E-state index in [1.807, 2.05) is 31.2 Å². The number of rotatable bonds is 6. The third kappa shape index (κ3) is 4.06. The Balaban J connectivity index is 1.35. The number of para-hydroxylation sites is 2. The lowest BCUT2D eigenvalue weighted by Gasteiger charge is -2.26. The van der Waals surface area contributed by atoms with Crippen LogP contribution in [0.5, 0.6) is 17.4 Å². The summed E-state index contributed by atoms with van der Waals surface area (Å²) in [4.78, 5) is 16.4. The lowest BCUT2D eigenvalue weighted by atomic mass is 10.2. The molecule has 144 valence electrons. The summed E-state index contributed by atoms with van der Waals surface area (Å²) in [5.74, 6) is 1.70. The average Bonchev–Trinajstić information content (AvgIpc) is 3.15. The Morgan fingerprint density at radius 2 is 2.11 bits per heavy atom. The number of amides is 1. The topological polar surface area (TPSA) is 87.5 Å². The van der Waals surface area contributed by atoms with E-state index >= 15 is 0 Å². The van der Waals surface area contributed by atoms with Gasteiger partial charge in [-0.25, -0.2) is 4.98 Å². The number of carbonyl (C=O) groups excluding carboxylic acids is 1. The van der Waals surface area contributed by atoms with Gasteiger partial charge in [0.2, 0.25) is 5.88 Å². The number of pyridine rings is 1. The molecule has 0 radical (unpaired) electrons. The minimum Gasteiger partial charge on any atom is -0.486 e. The summed E-state index contributed by atoms with van der Waals surface area (Å²) in [6.45, 7) is 3.35. The van der Waals surface area contributed by atoms with Gasteiger partial charge in [0.25, 0.3) is 5.91 Å². The van der Waals surface area contributed by atoms with Gasteiger partial charge in [0.05, 0.1) is 30.6 Å². The van der Waals surface area contributed by atoms with Gasteiger partial charge in [-0.05, 0) is 25.1 Å². The molecule has 1 amide bonds. The van der Waals surface area contributed by atoms with Crippen molar-refractivity contribution in [1.82, 2.24) is 14.8 Å². The first-order chi connectivity index (χ1) is 13.7. The summed E-state index contributed by atoms with van der Waals surface area (Å²) in [5, 5.41) is 7.09. The molecule has 0 fully saturated rings. The van der Waals surface area contributed by atoms with Gasteiger partial charge in [-0.1, -0.05) is 12.1 Å². The highest BCUT2D eigenvalue weighted by Gasteiger charge is 2.21. The molecule has 8 heteroatoms. The van der Waals surface area contributed by atoms with Crippen LogP contribution in [-0.4, -0.2) is 40.0 Å². The summed E-state index contributed by atoms with van der Waals surface area (Å²) in [6, 6.07) is 10.9. The van der Waals surface area contributed by atoms with Gasteiger partial charge in [0.1, 0.15) is 6.61 Å². The fourth-order valence-corrected chi connectivity index (χ4v) is 2.84. The van der Waals surface area contributed by atoms with E-state index < -0.39 is 0 Å². The maximum atomic E-state index is 12.3. The molecule has 3 aromatic rings. The molecule has 1 N–H and O–H groups in total. The minimum atomic E-state index is -0.263. The van der Waals surface area contributed by atoms with E-state index in [1.165, 1.54) is 6.20 Å². The Morgan fingerprint density at radius 3 is 2.89 bits per heavy atom. The van der Waals surface area contributed by atoms with Crippen molar-refractivity contribution in [2.24, 2.45) is 0 Å². The Bertz CT molecular complexity index is 955. The minimum absolute atomic E-state index is 0.159. The number of ether oxygens (including phenoxy) is 3. The molecule has 8 nitrogen and oxygen atoms in total. The highest BCUT2D eigenvalue weighted by molar-refractivity contribution is 6.03. The van der Waals surface area contributed by atoms with Gasteiger partial charge >= 0.3 is 0 Å². The van der Waals surface area contributed by atoms with Crippen molar-refractivity contribution in [1.29, 1.82) is 0 Å². The number of anilines is 1. The largest absolute Gasteiger partial charge is 0.486 e. The van der Waals surface area contributed by atoms with Gasteiger partial charge in [0.15, 0.2) is 17.6 Å². The quantitative estimate of drug-likeness (QED) is 0.708. The van der Waals surface area contributed by atoms with E-state index in [1.54, 1.807) is 29.2 Å². The number of aromatic nitrogens is 3. The van der Waals surface area contributed by atoms with Crippen molar-refractivity contribution in [2.75, 3.05) is 18.5 Å². The third-order valence-corrected chi connectivity index (χ3v) is 4.14. The lowest BCUT2D eigenvalue weighted by Crippen LogP contribution is -2.33. The van der Waals surface area contributed by atoms with Crippen LogP contribution in [0, 0.1) is 0 Å². The fraction of sp³-hybridized carbons (Fsp3) is 0.250. The van der Waals surface area contributed by atoms with Crippen LogP contribution in [-0.2, 0) is 6.54 Å². The molecule has 1 unspecified atom stereocenters. The third-order valence-electron chi connectivity index (χ3n) is 4.14. The monoisotopic (exact) mass is 380 g/mol. The second-order valence-electron chi connectivity index (χ2n) is 6.22. The van der Waals surface area contributed by atoms with Crippen LogP contribution in [0.3, 0.4) is 0 Å². The van der Waals surface area contributed by atoms with E-state index in [0.29, 0.717) is 36.9 Å². The Morgan fingerprint density at radius 1 is 1.25 bits per heavy atom. The Hall–Kier alpha value is -3.55. The van der Waals surface area contributed by atoms with Crippen LogP contribution in [0.15, 0.2) is 55.0 Å². The van der Waals surface area contributed by atoms with Gasteiger partial charge in [-0.3, -0.25) is 9.48 Å². The van der Waals surface area contributed by atoms with E-state index in [4.69, 9.17) is 14.2 Å². The number of nitrogens with one attached hydrogen (secondary N) is 1. The summed E-state index contributed by atoms with van der Waals surface area (Å²) in [5.41, 5.74) is 1.04. The van der Waals surface area contributed by atoms with E-state index in [-0.39, 0.29) is 12.0 Å². The average molecular weight is 380 g/mol. The lowest BCUT2D eigenvalue weighted by molar-refractivity contribution is 0.0759. The molecular formula is C20H20N4O4. The molecular weight excluding hydrogens is 360 g/mol. The van der Waals surface area contributed by atoms with E-state index in [9.17, 15) is 4.79 Å². The van der Waals surface area contributed by atoms with E-state index in [2.05, 4.69) is 15.4 Å². The van der Waals surface area contributed by atoms with Crippen molar-refractivity contribution >= 4 is 11.6 Å². The molecule has 4 rings (SSSR count). The molecule has 28 heavy (non-hydrogen) atoms. The number of hydrogen-bond donors (Lipinski definition) is 1. The number of nitrogens with zero attached hydrogens (tertiary/aromatic N) is 3. The van der Waals surface area contributed by atoms with Crippen molar-refractivity contribution in [3.05, 3.63) is 60.6 Å². The van der Waals surface area contributed by atoms with Gasteiger partial charge in [-0.15, -0.1) is 0 Å². The van der Waals surface area contributed by atoms with Gasteiger partial charge < -0.3 is 19.5 Å². The zero-order chi connectivity index (χ0) is 19.3. The van der Waals surface area contributed by atoms with Crippen LogP contribution < -0.4 is 19.5 Å². The predicted octanol–water partition coefficient (Wildman–Crippen LogP) is 2.77. The normalized spacial score (nSPS) is 15.1. The second-order valence-corrected chi connectivity index (χ2v) is 6.22. The van der Waals surface area contributed by atoms with E-state index in [0.717, 1.165) is 11.5 Å². The van der Waals surface area contributed by atoms with Crippen LogP contribution in [0.2, 0.25) is 0 Å². The molecule has 1 atom stereocenters. The van der Waals surface area contributed by atoms with Gasteiger partial charge in [-0.2, -0.15) is 5.10 Å². The number of hydrogen-bond acceptors (Lipinski definition) is 6. The maximum absolute atomic E-state index is 12.3. The summed E-state index contributed by atoms with van der Waals surface area (Å²) >= 11 is 0. The maximum Gasteiger partial charge on any atom is 0.257 e. The van der Waals surface area contributed by atoms with Crippen LogP contribution in [0.25, 0.3) is 0 Å². The predicted molar refractivity (Wildman–Crippen MR) is 102 cm³/mol. The molecule has 1 aromatic carbocycles. The smallest absolute Gasteiger partial charge is 0.257 e. The molecule has 1 aliphatic rings.